The SMILES string of the molecule is N#CCCOCCC#N.N#CCCOCCC#N. The zero-order valence-corrected chi connectivity index (χ0v) is 10.3. The summed E-state index contributed by atoms with van der Waals surface area (Å²) in [6.07, 6.45) is 1.63. The molecule has 18 heavy (non-hydrogen) atoms. The fraction of sp³-hybridized carbons (Fsp3) is 0.667. The number of hydrogen-bond donors (Lipinski definition) is 0. The highest BCUT2D eigenvalue weighted by atomic mass is 16.5. The molecule has 0 N–H and O–H groups in total. The van der Waals surface area contributed by atoms with Crippen LogP contribution in [0.1, 0.15) is 25.7 Å². The van der Waals surface area contributed by atoms with E-state index in [-0.39, 0.29) is 0 Å². The third-order valence-electron chi connectivity index (χ3n) is 1.43. The Morgan fingerprint density at radius 1 is 0.500 bits per heavy atom. The van der Waals surface area contributed by atoms with Gasteiger partial charge in [0.2, 0.25) is 0 Å². The fourth-order valence-electron chi connectivity index (χ4n) is 0.675. The van der Waals surface area contributed by atoms with Crippen LogP contribution < -0.4 is 0 Å². The van der Waals surface area contributed by atoms with Gasteiger partial charge in [-0.25, -0.2) is 0 Å². The van der Waals surface area contributed by atoms with Gasteiger partial charge in [0.05, 0.1) is 76.4 Å². The van der Waals surface area contributed by atoms with Crippen LogP contribution in [0.3, 0.4) is 0 Å². The van der Waals surface area contributed by atoms with Crippen molar-refractivity contribution in [3.8, 4) is 24.3 Å². The smallest absolute Gasteiger partial charge is 0.0645 e. The van der Waals surface area contributed by atoms with Crippen LogP contribution in [0.4, 0.5) is 0 Å². The first-order valence-corrected chi connectivity index (χ1v) is 5.46. The molecule has 0 amide bonds. The molecular weight excluding hydrogens is 232 g/mol. The average Bonchev–Trinajstić information content (AvgIpc) is 2.39. The van der Waals surface area contributed by atoms with Gasteiger partial charge in [-0.05, 0) is 0 Å². The predicted molar refractivity (Wildman–Crippen MR) is 62.6 cm³/mol. The predicted octanol–water partition coefficient (Wildman–Crippen LogP) is 1.66. The van der Waals surface area contributed by atoms with Gasteiger partial charge in [-0.15, -0.1) is 0 Å². The van der Waals surface area contributed by atoms with Crippen LogP contribution in [0.5, 0.6) is 0 Å². The van der Waals surface area contributed by atoms with E-state index in [9.17, 15) is 0 Å². The van der Waals surface area contributed by atoms with Crippen molar-refractivity contribution in [2.45, 2.75) is 25.7 Å². The Kier molecular flexibility index (Phi) is 20.6. The van der Waals surface area contributed by atoms with E-state index in [1.807, 2.05) is 24.3 Å². The van der Waals surface area contributed by atoms with Gasteiger partial charge in [0.15, 0.2) is 0 Å². The minimum absolute atomic E-state index is 0.408. The molecule has 0 radical (unpaired) electrons. The number of nitriles is 4. The maximum absolute atomic E-state index is 8.03. The van der Waals surface area contributed by atoms with Crippen LogP contribution in [0.25, 0.3) is 0 Å². The molecule has 0 saturated heterocycles. The molecule has 6 nitrogen and oxygen atoms in total. The molecule has 0 heterocycles. The fourth-order valence-corrected chi connectivity index (χ4v) is 0.675. The molecule has 0 atom stereocenters. The molecular formula is C12H16N4O2. The van der Waals surface area contributed by atoms with Crippen LogP contribution in [-0.4, -0.2) is 26.4 Å². The number of hydrogen-bond acceptors (Lipinski definition) is 6. The normalized spacial score (nSPS) is 7.78. The standard InChI is InChI=1S/2C6H8N2O/c2*7-3-1-5-9-6-2-4-8/h2*1-2,5-6H2. The van der Waals surface area contributed by atoms with E-state index in [0.29, 0.717) is 52.1 Å². The van der Waals surface area contributed by atoms with E-state index in [4.69, 9.17) is 30.5 Å². The Hall–Kier alpha value is -2.12. The van der Waals surface area contributed by atoms with E-state index in [0.717, 1.165) is 0 Å². The molecule has 6 heteroatoms. The molecule has 0 unspecified atom stereocenters. The Balaban J connectivity index is 0. The highest BCUT2D eigenvalue weighted by molar-refractivity contribution is 4.70. The lowest BCUT2D eigenvalue weighted by Gasteiger charge is -1.93. The lowest BCUT2D eigenvalue weighted by molar-refractivity contribution is 0.145. The molecule has 0 aliphatic rings. The van der Waals surface area contributed by atoms with Crippen molar-refractivity contribution < 1.29 is 9.47 Å². The summed E-state index contributed by atoms with van der Waals surface area (Å²) in [5.74, 6) is 0. The quantitative estimate of drug-likeness (QED) is 0.603. The van der Waals surface area contributed by atoms with Gasteiger partial charge < -0.3 is 9.47 Å². The highest BCUT2D eigenvalue weighted by Crippen LogP contribution is 1.82. The largest absolute Gasteiger partial charge is 0.379 e. The number of nitrogens with zero attached hydrogens (tertiary/aromatic N) is 4. The summed E-state index contributed by atoms with van der Waals surface area (Å²) in [4.78, 5) is 0. The van der Waals surface area contributed by atoms with E-state index >= 15 is 0 Å². The third kappa shape index (κ3) is 23.6. The van der Waals surface area contributed by atoms with Gasteiger partial charge in [0.25, 0.3) is 0 Å². The molecule has 0 bridgehead atoms. The Morgan fingerprint density at radius 2 is 0.722 bits per heavy atom. The number of rotatable bonds is 8. The zero-order chi connectivity index (χ0) is 13.9. The van der Waals surface area contributed by atoms with Crippen molar-refractivity contribution in [3.63, 3.8) is 0 Å². The van der Waals surface area contributed by atoms with E-state index in [1.54, 1.807) is 0 Å². The van der Waals surface area contributed by atoms with E-state index in [1.165, 1.54) is 0 Å². The van der Waals surface area contributed by atoms with Crippen molar-refractivity contribution in [1.82, 2.24) is 0 Å². The molecule has 0 aromatic rings. The maximum Gasteiger partial charge on any atom is 0.0645 e. The minimum atomic E-state index is 0.408. The van der Waals surface area contributed by atoms with Crippen molar-refractivity contribution in [2.24, 2.45) is 0 Å². The zero-order valence-electron chi connectivity index (χ0n) is 10.3. The molecule has 0 fully saturated rings. The van der Waals surface area contributed by atoms with Gasteiger partial charge >= 0.3 is 0 Å². The van der Waals surface area contributed by atoms with Crippen LogP contribution in [0.2, 0.25) is 0 Å². The molecule has 0 saturated carbocycles. The van der Waals surface area contributed by atoms with Gasteiger partial charge in [0.1, 0.15) is 0 Å². The first-order valence-electron chi connectivity index (χ1n) is 5.46. The first kappa shape index (κ1) is 18.3. The first-order chi connectivity index (χ1) is 8.83. The molecule has 0 rings (SSSR count). The monoisotopic (exact) mass is 248 g/mol. The van der Waals surface area contributed by atoms with Crippen LogP contribution in [-0.2, 0) is 9.47 Å². The topological polar surface area (TPSA) is 114 Å². The molecule has 96 valence electrons. The highest BCUT2D eigenvalue weighted by Gasteiger charge is 1.84. The lowest BCUT2D eigenvalue weighted by atomic mass is 10.5. The summed E-state index contributed by atoms with van der Waals surface area (Å²) in [5.41, 5.74) is 0. The molecule has 0 aliphatic carbocycles. The second-order valence-electron chi connectivity index (χ2n) is 2.86. The summed E-state index contributed by atoms with van der Waals surface area (Å²) < 4.78 is 9.74. The van der Waals surface area contributed by atoms with E-state index in [2.05, 4.69) is 0 Å². The second kappa shape index (κ2) is 20.3. The average molecular weight is 248 g/mol. The van der Waals surface area contributed by atoms with Gasteiger partial charge in [-0.2, -0.15) is 21.0 Å². The summed E-state index contributed by atoms with van der Waals surface area (Å²) in [5, 5.41) is 32.1. The van der Waals surface area contributed by atoms with Crippen molar-refractivity contribution in [1.29, 1.82) is 21.0 Å². The van der Waals surface area contributed by atoms with E-state index < -0.39 is 0 Å². The summed E-state index contributed by atoms with van der Waals surface area (Å²) >= 11 is 0. The van der Waals surface area contributed by atoms with Crippen molar-refractivity contribution in [2.75, 3.05) is 26.4 Å². The minimum Gasteiger partial charge on any atom is -0.379 e. The molecule has 0 aliphatic heterocycles. The van der Waals surface area contributed by atoms with Crippen molar-refractivity contribution in [3.05, 3.63) is 0 Å². The molecule has 0 spiro atoms. The summed E-state index contributed by atoms with van der Waals surface area (Å²) in [6, 6.07) is 7.75. The Labute approximate surface area is 108 Å². The Bertz CT molecular complexity index is 264. The van der Waals surface area contributed by atoms with Crippen LogP contribution in [0, 0.1) is 45.3 Å². The van der Waals surface area contributed by atoms with Gasteiger partial charge in [0, 0.05) is 0 Å². The number of ether oxygens (including phenoxy) is 2. The molecule has 0 aromatic heterocycles. The van der Waals surface area contributed by atoms with Gasteiger partial charge in [-0.3, -0.25) is 0 Å². The van der Waals surface area contributed by atoms with Crippen molar-refractivity contribution >= 4 is 0 Å². The summed E-state index contributed by atoms with van der Waals surface area (Å²) in [7, 11) is 0. The maximum atomic E-state index is 8.03. The van der Waals surface area contributed by atoms with Gasteiger partial charge in [-0.1, -0.05) is 0 Å². The van der Waals surface area contributed by atoms with Crippen LogP contribution in [0.15, 0.2) is 0 Å². The summed E-state index contributed by atoms with van der Waals surface area (Å²) in [6.45, 7) is 1.77. The third-order valence-corrected chi connectivity index (χ3v) is 1.43. The lowest BCUT2D eigenvalue weighted by Crippen LogP contribution is -1.93. The molecule has 0 aromatic carbocycles. The second-order valence-corrected chi connectivity index (χ2v) is 2.86. The Morgan fingerprint density at radius 3 is 0.889 bits per heavy atom. The van der Waals surface area contributed by atoms with Crippen LogP contribution >= 0.6 is 0 Å².